The van der Waals surface area contributed by atoms with Gasteiger partial charge < -0.3 is 14.9 Å². The number of benzene rings is 2. The number of rotatable bonds is 10. The predicted molar refractivity (Wildman–Crippen MR) is 165 cm³/mol. The van der Waals surface area contributed by atoms with Crippen LogP contribution in [0.1, 0.15) is 109 Å². The van der Waals surface area contributed by atoms with Gasteiger partial charge in [-0.05, 0) is 123 Å². The zero-order valence-corrected chi connectivity index (χ0v) is 27.6. The van der Waals surface area contributed by atoms with Crippen molar-refractivity contribution >= 4 is 5.97 Å². The number of aromatic hydroxyl groups is 1. The molecule has 6 rings (SSSR count). The van der Waals surface area contributed by atoms with Crippen molar-refractivity contribution < 1.29 is 46.1 Å². The lowest BCUT2D eigenvalue weighted by Crippen LogP contribution is -2.59. The van der Waals surface area contributed by atoms with Gasteiger partial charge in [0.05, 0.1) is 5.41 Å². The first-order valence-electron chi connectivity index (χ1n) is 16.6. The lowest BCUT2D eigenvalue weighted by Gasteiger charge is -2.59. The van der Waals surface area contributed by atoms with Crippen LogP contribution in [-0.2, 0) is 20.5 Å². The predicted octanol–water partition coefficient (Wildman–Crippen LogP) is 9.72. The van der Waals surface area contributed by atoms with Crippen LogP contribution >= 0.6 is 0 Å². The molecule has 3 atom stereocenters. The Hall–Kier alpha value is -2.75. The normalized spacial score (nSPS) is 29.2. The van der Waals surface area contributed by atoms with Gasteiger partial charge in [-0.15, -0.1) is 0 Å². The highest BCUT2D eigenvalue weighted by molar-refractivity contribution is 5.77. The number of carbonyl (C=O) groups excluding carboxylic acids is 1. The van der Waals surface area contributed by atoms with Gasteiger partial charge in [0, 0.05) is 5.56 Å². The van der Waals surface area contributed by atoms with Crippen molar-refractivity contribution in [2.45, 2.75) is 121 Å². The minimum Gasteiger partial charge on any atom is -0.508 e. The summed E-state index contributed by atoms with van der Waals surface area (Å²) < 4.78 is 87.7. The number of carbonyl (C=O) groups is 1. The monoisotopic (exact) mass is 668 g/mol. The van der Waals surface area contributed by atoms with Crippen molar-refractivity contribution in [3.05, 3.63) is 65.2 Å². The van der Waals surface area contributed by atoms with Crippen LogP contribution in [-0.4, -0.2) is 34.1 Å². The number of ether oxygens (including phenoxy) is 1. The Morgan fingerprint density at radius 2 is 1.32 bits per heavy atom. The Labute approximate surface area is 272 Å². The van der Waals surface area contributed by atoms with Crippen LogP contribution in [0.25, 0.3) is 0 Å². The average molecular weight is 669 g/mol. The molecule has 2 aromatic rings. The van der Waals surface area contributed by atoms with E-state index in [0.717, 1.165) is 43.4 Å². The lowest BCUT2D eigenvalue weighted by atomic mass is 9.50. The highest BCUT2D eigenvalue weighted by Crippen LogP contribution is 2.60. The van der Waals surface area contributed by atoms with Crippen molar-refractivity contribution in [2.24, 2.45) is 29.1 Å². The number of hydrogen-bond donors (Lipinski definition) is 2. The highest BCUT2D eigenvalue weighted by atomic mass is 19.4. The molecule has 4 aliphatic carbocycles. The van der Waals surface area contributed by atoms with Crippen molar-refractivity contribution in [1.29, 1.82) is 0 Å². The van der Waals surface area contributed by atoms with E-state index >= 15 is 0 Å². The molecule has 0 radical (unpaired) electrons. The van der Waals surface area contributed by atoms with Gasteiger partial charge in [-0.2, -0.15) is 26.3 Å². The fourth-order valence-electron chi connectivity index (χ4n) is 9.33. The molecule has 4 bridgehead atoms. The molecule has 4 aliphatic rings. The Bertz CT molecular complexity index is 1390. The van der Waals surface area contributed by atoms with Gasteiger partial charge >= 0.3 is 18.3 Å². The molecule has 0 amide bonds. The molecular formula is C37H46F6O4. The fraction of sp³-hybridized carbons (Fsp3) is 0.649. The second-order valence-corrected chi connectivity index (χ2v) is 15.5. The van der Waals surface area contributed by atoms with Gasteiger partial charge in [-0.1, -0.05) is 57.2 Å². The quantitative estimate of drug-likeness (QED) is 0.196. The maximum atomic E-state index is 14.6. The topological polar surface area (TPSA) is 66.8 Å². The molecule has 0 heterocycles. The van der Waals surface area contributed by atoms with E-state index in [2.05, 4.69) is 6.92 Å². The van der Waals surface area contributed by atoms with Crippen LogP contribution < -0.4 is 0 Å². The third-order valence-corrected chi connectivity index (χ3v) is 12.2. The van der Waals surface area contributed by atoms with E-state index in [0.29, 0.717) is 42.4 Å². The number of aliphatic hydroxyl groups is 1. The van der Waals surface area contributed by atoms with Crippen LogP contribution in [0, 0.1) is 29.1 Å². The highest BCUT2D eigenvalue weighted by Gasteiger charge is 2.71. The molecule has 4 fully saturated rings. The third kappa shape index (κ3) is 6.28. The molecule has 0 spiro atoms. The summed E-state index contributed by atoms with van der Waals surface area (Å²) in [7, 11) is 0. The summed E-state index contributed by atoms with van der Waals surface area (Å²) in [5, 5.41) is 19.8. The van der Waals surface area contributed by atoms with Crippen LogP contribution in [0.5, 0.6) is 5.75 Å². The smallest absolute Gasteiger partial charge is 0.430 e. The summed E-state index contributed by atoms with van der Waals surface area (Å²) in [6.07, 6.45) is -5.31. The van der Waals surface area contributed by atoms with Crippen LogP contribution in [0.15, 0.2) is 48.5 Å². The molecule has 0 saturated heterocycles. The SMILES string of the molecule is CCC(C)(CC(C)(CC(C)c1ccc(C(O)(C(F)(F)F)C(F)(F)F)cc1)C(=O)OC1(C)C2CC3CC(C2)CC1C3)c1ccc(O)cc1. The average Bonchev–Trinajstić information content (AvgIpc) is 2.98. The first-order chi connectivity index (χ1) is 21.6. The minimum absolute atomic E-state index is 0.115. The Morgan fingerprint density at radius 1 is 0.851 bits per heavy atom. The van der Waals surface area contributed by atoms with E-state index < -0.39 is 45.9 Å². The summed E-state index contributed by atoms with van der Waals surface area (Å²) in [5.74, 6) is 1.22. The first kappa shape index (κ1) is 35.6. The fourth-order valence-corrected chi connectivity index (χ4v) is 9.33. The summed E-state index contributed by atoms with van der Waals surface area (Å²) in [6, 6.07) is 10.5. The molecule has 2 N–H and O–H groups in total. The van der Waals surface area contributed by atoms with Crippen molar-refractivity contribution in [1.82, 2.24) is 0 Å². The largest absolute Gasteiger partial charge is 0.508 e. The summed E-state index contributed by atoms with van der Waals surface area (Å²) in [5.41, 5.74) is -7.19. The molecule has 3 unspecified atom stereocenters. The molecule has 2 aromatic carbocycles. The molecule has 4 nitrogen and oxygen atoms in total. The second-order valence-electron chi connectivity index (χ2n) is 15.5. The zero-order chi connectivity index (χ0) is 34.8. The van der Waals surface area contributed by atoms with Crippen molar-refractivity contribution in [2.75, 3.05) is 0 Å². The van der Waals surface area contributed by atoms with Gasteiger partial charge in [0.1, 0.15) is 11.4 Å². The van der Waals surface area contributed by atoms with Crippen LogP contribution in [0.2, 0.25) is 0 Å². The van der Waals surface area contributed by atoms with Gasteiger partial charge in [-0.3, -0.25) is 4.79 Å². The number of esters is 1. The Morgan fingerprint density at radius 3 is 1.77 bits per heavy atom. The number of phenols is 1. The Balaban J connectivity index is 1.46. The van der Waals surface area contributed by atoms with E-state index in [-0.39, 0.29) is 30.0 Å². The number of halogens is 6. The van der Waals surface area contributed by atoms with E-state index in [1.807, 2.05) is 32.9 Å². The van der Waals surface area contributed by atoms with Gasteiger partial charge in [0.25, 0.3) is 5.60 Å². The van der Waals surface area contributed by atoms with E-state index in [9.17, 15) is 41.4 Å². The lowest BCUT2D eigenvalue weighted by molar-refractivity contribution is -0.376. The number of phenolic OH excluding ortho intramolecular Hbond substituents is 1. The van der Waals surface area contributed by atoms with Gasteiger partial charge in [-0.25, -0.2) is 0 Å². The van der Waals surface area contributed by atoms with Crippen molar-refractivity contribution in [3.63, 3.8) is 0 Å². The van der Waals surface area contributed by atoms with E-state index in [1.54, 1.807) is 19.1 Å². The molecule has 0 aliphatic heterocycles. The minimum atomic E-state index is -5.98. The molecule has 0 aromatic heterocycles. The van der Waals surface area contributed by atoms with Crippen molar-refractivity contribution in [3.8, 4) is 5.75 Å². The Kier molecular flexibility index (Phi) is 9.07. The molecule has 47 heavy (non-hydrogen) atoms. The maximum Gasteiger partial charge on any atom is 0.430 e. The standard InChI is InChI=1S/C37H46F6O4/c1-6-32(3,26-11-13-30(44)14-12-26)21-33(4,31(45)47-34(5)28-16-23-15-24(18-28)19-29(34)17-23)20-22(2)25-7-9-27(10-8-25)35(46,36(38,39)40)37(41,42)43/h7-14,22-24,28-29,44,46H,6,15-21H2,1-5H3. The maximum absolute atomic E-state index is 14.6. The molecule has 10 heteroatoms. The summed E-state index contributed by atoms with van der Waals surface area (Å²) in [6.45, 7) is 9.77. The zero-order valence-electron chi connectivity index (χ0n) is 27.6. The third-order valence-electron chi connectivity index (χ3n) is 12.2. The van der Waals surface area contributed by atoms with Crippen LogP contribution in [0.4, 0.5) is 26.3 Å². The number of alkyl halides is 6. The number of hydrogen-bond acceptors (Lipinski definition) is 4. The van der Waals surface area contributed by atoms with Crippen LogP contribution in [0.3, 0.4) is 0 Å². The molecule has 4 saturated carbocycles. The molecular weight excluding hydrogens is 622 g/mol. The summed E-state index contributed by atoms with van der Waals surface area (Å²) >= 11 is 0. The first-order valence-corrected chi connectivity index (χ1v) is 16.6. The summed E-state index contributed by atoms with van der Waals surface area (Å²) in [4.78, 5) is 14.6. The van der Waals surface area contributed by atoms with Gasteiger partial charge in [0.2, 0.25) is 0 Å². The van der Waals surface area contributed by atoms with E-state index in [4.69, 9.17) is 4.74 Å². The molecule has 260 valence electrons. The van der Waals surface area contributed by atoms with E-state index in [1.165, 1.54) is 6.42 Å². The van der Waals surface area contributed by atoms with Gasteiger partial charge in [0.15, 0.2) is 0 Å². The second kappa shape index (κ2) is 12.0.